The Balaban J connectivity index is 1.64. The van der Waals surface area contributed by atoms with Gasteiger partial charge in [-0.1, -0.05) is 12.1 Å². The molecule has 0 bridgehead atoms. The van der Waals surface area contributed by atoms with Gasteiger partial charge in [0.1, 0.15) is 23.9 Å². The van der Waals surface area contributed by atoms with Gasteiger partial charge in [-0.3, -0.25) is 4.99 Å². The molecular weight excluding hydrogens is 422 g/mol. The Morgan fingerprint density at radius 3 is 2.48 bits per heavy atom. The minimum Gasteiger partial charge on any atom is -0.497 e. The second-order valence-electron chi connectivity index (χ2n) is 7.17. The number of para-hydroxylation sites is 2. The van der Waals surface area contributed by atoms with Crippen LogP contribution in [0.1, 0.15) is 11.1 Å². The van der Waals surface area contributed by atoms with Crippen LogP contribution in [-0.4, -0.2) is 51.4 Å². The van der Waals surface area contributed by atoms with Gasteiger partial charge in [-0.2, -0.15) is 0 Å². The lowest BCUT2D eigenvalue weighted by Gasteiger charge is -2.16. The van der Waals surface area contributed by atoms with Gasteiger partial charge in [0.25, 0.3) is 0 Å². The van der Waals surface area contributed by atoms with E-state index < -0.39 is 0 Å². The summed E-state index contributed by atoms with van der Waals surface area (Å²) in [5.41, 5.74) is 1.72. The smallest absolute Gasteiger partial charge is 0.230 e. The Morgan fingerprint density at radius 2 is 1.70 bits per heavy atom. The normalized spacial score (nSPS) is 13.9. The highest BCUT2D eigenvalue weighted by atomic mass is 16.5. The molecule has 4 rings (SSSR count). The second kappa shape index (κ2) is 11.2. The number of benzene rings is 2. The first kappa shape index (κ1) is 22.4. The van der Waals surface area contributed by atoms with E-state index in [4.69, 9.17) is 28.7 Å². The van der Waals surface area contributed by atoms with Gasteiger partial charge in [0.05, 0.1) is 39.5 Å². The maximum atomic E-state index is 6.17. The zero-order valence-corrected chi connectivity index (χ0v) is 18.7. The average molecular weight is 450 g/mol. The highest BCUT2D eigenvalue weighted by Gasteiger charge is 2.16. The molecule has 0 saturated carbocycles. The fourth-order valence-electron chi connectivity index (χ4n) is 3.34. The highest BCUT2D eigenvalue weighted by Crippen LogP contribution is 2.32. The van der Waals surface area contributed by atoms with E-state index in [2.05, 4.69) is 10.3 Å². The summed E-state index contributed by atoms with van der Waals surface area (Å²) >= 11 is 0. The number of ether oxygens (including phenoxy) is 5. The van der Waals surface area contributed by atoms with Gasteiger partial charge in [-0.25, -0.2) is 4.98 Å². The lowest BCUT2D eigenvalue weighted by Crippen LogP contribution is -2.25. The summed E-state index contributed by atoms with van der Waals surface area (Å²) in [6, 6.07) is 17.0. The fraction of sp³-hybridized carbons (Fsp3) is 0.280. The van der Waals surface area contributed by atoms with E-state index in [1.165, 1.54) is 0 Å². The van der Waals surface area contributed by atoms with Crippen molar-refractivity contribution in [3.63, 3.8) is 0 Å². The van der Waals surface area contributed by atoms with E-state index >= 15 is 0 Å². The highest BCUT2D eigenvalue weighted by molar-refractivity contribution is 6.00. The molecule has 2 heterocycles. The molecule has 0 fully saturated rings. The lowest BCUT2D eigenvalue weighted by atomic mass is 10.2. The first-order valence-corrected chi connectivity index (χ1v) is 10.7. The third kappa shape index (κ3) is 5.93. The van der Waals surface area contributed by atoms with Crippen LogP contribution in [0.5, 0.6) is 28.9 Å². The summed E-state index contributed by atoms with van der Waals surface area (Å²) in [4.78, 5) is 9.20. The SMILES string of the molecule is COc1cc(CNC2=NCCOCCOc3ccccc3Oc3ncccc32)cc(OC)c1. The summed E-state index contributed by atoms with van der Waals surface area (Å²) < 4.78 is 28.5. The number of nitrogens with one attached hydrogen (secondary N) is 1. The predicted molar refractivity (Wildman–Crippen MR) is 125 cm³/mol. The number of methoxy groups -OCH3 is 2. The monoisotopic (exact) mass is 449 g/mol. The minimum atomic E-state index is 0.419. The molecule has 33 heavy (non-hydrogen) atoms. The van der Waals surface area contributed by atoms with E-state index in [1.807, 2.05) is 54.6 Å². The quantitative estimate of drug-likeness (QED) is 0.648. The zero-order valence-electron chi connectivity index (χ0n) is 18.7. The van der Waals surface area contributed by atoms with Crippen molar-refractivity contribution < 1.29 is 23.7 Å². The van der Waals surface area contributed by atoms with Crippen LogP contribution in [0.3, 0.4) is 0 Å². The third-order valence-corrected chi connectivity index (χ3v) is 4.94. The maximum absolute atomic E-state index is 6.17. The Bertz CT molecular complexity index is 1080. The van der Waals surface area contributed by atoms with Crippen LogP contribution < -0.4 is 24.3 Å². The molecule has 1 aliphatic rings. The summed E-state index contributed by atoms with van der Waals surface area (Å²) in [5.74, 6) is 3.74. The Labute approximate surface area is 193 Å². The summed E-state index contributed by atoms with van der Waals surface area (Å²) in [7, 11) is 3.26. The number of aliphatic imine (C=N–C) groups is 1. The molecule has 0 aliphatic carbocycles. The Kier molecular flexibility index (Phi) is 7.60. The molecule has 172 valence electrons. The number of rotatable bonds is 4. The van der Waals surface area contributed by atoms with Crippen LogP contribution in [0.25, 0.3) is 0 Å². The van der Waals surface area contributed by atoms with Crippen molar-refractivity contribution in [3.8, 4) is 28.9 Å². The molecular formula is C25H27N3O5. The molecule has 0 spiro atoms. The molecule has 0 saturated heterocycles. The number of fused-ring (bicyclic) bond motifs is 2. The number of hydrogen-bond acceptors (Lipinski definition) is 8. The van der Waals surface area contributed by atoms with Crippen LogP contribution in [0.2, 0.25) is 0 Å². The van der Waals surface area contributed by atoms with Gasteiger partial charge >= 0.3 is 0 Å². The number of nitrogens with zero attached hydrogens (tertiary/aromatic N) is 2. The van der Waals surface area contributed by atoms with Crippen LogP contribution >= 0.6 is 0 Å². The maximum Gasteiger partial charge on any atom is 0.230 e. The summed E-state index contributed by atoms with van der Waals surface area (Å²) in [6.45, 7) is 2.33. The zero-order chi connectivity index (χ0) is 22.9. The number of hydrogen-bond donors (Lipinski definition) is 1. The lowest BCUT2D eigenvalue weighted by molar-refractivity contribution is 0.105. The molecule has 3 aromatic rings. The van der Waals surface area contributed by atoms with E-state index in [1.54, 1.807) is 20.4 Å². The van der Waals surface area contributed by atoms with Crippen LogP contribution in [-0.2, 0) is 11.3 Å². The molecule has 2 aromatic carbocycles. The van der Waals surface area contributed by atoms with Crippen molar-refractivity contribution in [1.29, 1.82) is 0 Å². The first-order chi connectivity index (χ1) is 16.3. The van der Waals surface area contributed by atoms with Crippen molar-refractivity contribution >= 4 is 5.84 Å². The largest absolute Gasteiger partial charge is 0.497 e. The standard InChI is InChI=1S/C25H27N3O5/c1-29-19-14-18(15-20(16-19)30-2)17-28-24-21-6-5-9-27-25(21)33-23-8-4-3-7-22(23)32-13-12-31-11-10-26-24/h3-9,14-16H,10-13,17H2,1-2H3,(H,26,28). The Hall–Kier alpha value is -3.78. The third-order valence-electron chi connectivity index (χ3n) is 4.94. The molecule has 1 aliphatic heterocycles. The van der Waals surface area contributed by atoms with Gasteiger partial charge < -0.3 is 29.0 Å². The van der Waals surface area contributed by atoms with Gasteiger partial charge in [-0.05, 0) is 42.0 Å². The van der Waals surface area contributed by atoms with E-state index in [0.717, 1.165) is 22.6 Å². The van der Waals surface area contributed by atoms with Crippen molar-refractivity contribution in [3.05, 3.63) is 71.9 Å². The average Bonchev–Trinajstić information content (AvgIpc) is 2.87. The van der Waals surface area contributed by atoms with Crippen molar-refractivity contribution in [2.75, 3.05) is 40.6 Å². The first-order valence-electron chi connectivity index (χ1n) is 10.7. The van der Waals surface area contributed by atoms with Gasteiger partial charge in [0.2, 0.25) is 5.88 Å². The minimum absolute atomic E-state index is 0.419. The molecule has 0 amide bonds. The van der Waals surface area contributed by atoms with Crippen LogP contribution in [0, 0.1) is 0 Å². The van der Waals surface area contributed by atoms with Gasteiger partial charge in [0.15, 0.2) is 11.5 Å². The molecule has 8 heteroatoms. The van der Waals surface area contributed by atoms with Crippen molar-refractivity contribution in [2.24, 2.45) is 4.99 Å². The van der Waals surface area contributed by atoms with Crippen molar-refractivity contribution in [2.45, 2.75) is 6.54 Å². The van der Waals surface area contributed by atoms with E-state index in [9.17, 15) is 0 Å². The molecule has 8 nitrogen and oxygen atoms in total. The molecule has 0 atom stereocenters. The summed E-state index contributed by atoms with van der Waals surface area (Å²) in [6.07, 6.45) is 1.69. The van der Waals surface area contributed by atoms with Gasteiger partial charge in [0, 0.05) is 18.8 Å². The number of pyridine rings is 1. The predicted octanol–water partition coefficient (Wildman–Crippen LogP) is 3.84. The molecule has 1 aromatic heterocycles. The van der Waals surface area contributed by atoms with Gasteiger partial charge in [-0.15, -0.1) is 0 Å². The second-order valence-corrected chi connectivity index (χ2v) is 7.17. The number of amidine groups is 1. The van der Waals surface area contributed by atoms with Crippen molar-refractivity contribution in [1.82, 2.24) is 10.3 Å². The molecule has 0 unspecified atom stereocenters. The van der Waals surface area contributed by atoms with Crippen LogP contribution in [0.15, 0.2) is 65.8 Å². The Morgan fingerprint density at radius 1 is 0.909 bits per heavy atom. The number of aromatic nitrogens is 1. The van der Waals surface area contributed by atoms with Crippen LogP contribution in [0.4, 0.5) is 0 Å². The van der Waals surface area contributed by atoms with E-state index in [-0.39, 0.29) is 0 Å². The van der Waals surface area contributed by atoms with E-state index in [0.29, 0.717) is 56.1 Å². The molecule has 0 radical (unpaired) electrons. The topological polar surface area (TPSA) is 83.4 Å². The molecule has 1 N–H and O–H groups in total. The fourth-order valence-corrected chi connectivity index (χ4v) is 3.34. The summed E-state index contributed by atoms with van der Waals surface area (Å²) in [5, 5.41) is 3.42.